The van der Waals surface area contributed by atoms with Gasteiger partial charge in [0.15, 0.2) is 12.4 Å². The van der Waals surface area contributed by atoms with Crippen LogP contribution in [-0.4, -0.2) is 37.9 Å². The van der Waals surface area contributed by atoms with Crippen LogP contribution in [0.5, 0.6) is 5.75 Å². The number of esters is 1. The number of furan rings is 1. The highest BCUT2D eigenvalue weighted by Gasteiger charge is 2.16. The number of rotatable bonds is 8. The van der Waals surface area contributed by atoms with Crippen molar-refractivity contribution in [3.05, 3.63) is 53.7 Å². The van der Waals surface area contributed by atoms with Crippen molar-refractivity contribution in [1.82, 2.24) is 5.32 Å². The van der Waals surface area contributed by atoms with Gasteiger partial charge >= 0.3 is 5.97 Å². The molecule has 2 rings (SSSR count). The molecule has 0 spiro atoms. The molecule has 0 unspecified atom stereocenters. The molecule has 8 heteroatoms. The summed E-state index contributed by atoms with van der Waals surface area (Å²) in [6, 6.07) is 6.53. The Kier molecular flexibility index (Phi) is 6.27. The zero-order chi connectivity index (χ0) is 18.2. The molecule has 0 aliphatic heterocycles. The number of hydrogen-bond acceptors (Lipinski definition) is 6. The Hall–Kier alpha value is -3.16. The van der Waals surface area contributed by atoms with Gasteiger partial charge in [0.25, 0.3) is 5.91 Å². The van der Waals surface area contributed by atoms with Gasteiger partial charge in [-0.1, -0.05) is 0 Å². The van der Waals surface area contributed by atoms with Crippen molar-refractivity contribution in [3.63, 3.8) is 0 Å². The lowest BCUT2D eigenvalue weighted by molar-refractivity contribution is -0.142. The molecule has 0 aliphatic carbocycles. The number of carbonyl (C=O) groups is 3. The Morgan fingerprint density at radius 2 is 2.04 bits per heavy atom. The van der Waals surface area contributed by atoms with E-state index in [4.69, 9.17) is 13.9 Å². The maximum Gasteiger partial charge on any atom is 0.308 e. The maximum atomic E-state index is 13.2. The minimum absolute atomic E-state index is 0.0126. The molecule has 0 fully saturated rings. The van der Waals surface area contributed by atoms with Crippen LogP contribution in [-0.2, 0) is 9.53 Å². The lowest BCUT2D eigenvalue weighted by atomic mass is 10.1. The Labute approximate surface area is 142 Å². The summed E-state index contributed by atoms with van der Waals surface area (Å²) in [6.07, 6.45) is 1.23. The number of hydrogen-bond donors (Lipinski definition) is 1. The first-order valence-corrected chi connectivity index (χ1v) is 7.35. The van der Waals surface area contributed by atoms with Crippen molar-refractivity contribution in [3.8, 4) is 5.75 Å². The van der Waals surface area contributed by atoms with Gasteiger partial charge in [0.2, 0.25) is 5.78 Å². The largest absolute Gasteiger partial charge is 0.496 e. The molecule has 132 valence electrons. The second-order valence-electron chi connectivity index (χ2n) is 4.91. The number of carbonyl (C=O) groups excluding carboxylic acids is 3. The summed E-state index contributed by atoms with van der Waals surface area (Å²) in [5, 5.41) is 2.47. The average Bonchev–Trinajstić information content (AvgIpc) is 3.14. The van der Waals surface area contributed by atoms with Gasteiger partial charge in [-0.05, 0) is 30.3 Å². The summed E-state index contributed by atoms with van der Waals surface area (Å²) in [5.41, 5.74) is -0.0126. The maximum absolute atomic E-state index is 13.2. The van der Waals surface area contributed by atoms with Crippen molar-refractivity contribution in [2.24, 2.45) is 0 Å². The number of ether oxygens (including phenoxy) is 2. The molecule has 0 aliphatic rings. The minimum Gasteiger partial charge on any atom is -0.496 e. The number of benzene rings is 1. The van der Waals surface area contributed by atoms with Crippen molar-refractivity contribution < 1.29 is 32.7 Å². The lowest BCUT2D eigenvalue weighted by Gasteiger charge is -2.08. The highest BCUT2D eigenvalue weighted by molar-refractivity contribution is 6.00. The minimum atomic E-state index is -0.677. The Balaban J connectivity index is 1.77. The van der Waals surface area contributed by atoms with E-state index in [1.807, 2.05) is 0 Å². The van der Waals surface area contributed by atoms with Crippen LogP contribution in [0.25, 0.3) is 0 Å². The van der Waals surface area contributed by atoms with Crippen molar-refractivity contribution in [2.75, 3.05) is 20.3 Å². The highest BCUT2D eigenvalue weighted by atomic mass is 19.1. The fourth-order valence-corrected chi connectivity index (χ4v) is 1.97. The summed E-state index contributed by atoms with van der Waals surface area (Å²) >= 11 is 0. The van der Waals surface area contributed by atoms with Gasteiger partial charge in [-0.15, -0.1) is 0 Å². The topological polar surface area (TPSA) is 94.8 Å². The number of amides is 1. The third-order valence-electron chi connectivity index (χ3n) is 3.19. The van der Waals surface area contributed by atoms with E-state index in [2.05, 4.69) is 5.32 Å². The van der Waals surface area contributed by atoms with E-state index in [0.29, 0.717) is 0 Å². The second-order valence-corrected chi connectivity index (χ2v) is 4.91. The number of Topliss-reactive ketones (excluding diaryl/α,β-unsaturated/α-hetero) is 1. The number of nitrogens with one attached hydrogen (secondary N) is 1. The summed E-state index contributed by atoms with van der Waals surface area (Å²) < 4.78 is 27.9. The number of methoxy groups -OCH3 is 1. The highest BCUT2D eigenvalue weighted by Crippen LogP contribution is 2.19. The molecular formula is C17H16FNO6. The molecular weight excluding hydrogens is 333 g/mol. The first-order valence-electron chi connectivity index (χ1n) is 7.35. The SMILES string of the molecule is COc1ccc(F)cc1C(=O)COC(=O)CCNC(=O)c1ccco1. The Bertz CT molecular complexity index is 757. The van der Waals surface area contributed by atoms with Crippen molar-refractivity contribution in [1.29, 1.82) is 0 Å². The van der Waals surface area contributed by atoms with Crippen LogP contribution in [0.4, 0.5) is 4.39 Å². The predicted molar refractivity (Wildman–Crippen MR) is 83.9 cm³/mol. The molecule has 0 radical (unpaired) electrons. The van der Waals surface area contributed by atoms with Gasteiger partial charge in [0, 0.05) is 6.54 Å². The fourth-order valence-electron chi connectivity index (χ4n) is 1.97. The third-order valence-corrected chi connectivity index (χ3v) is 3.19. The number of ketones is 1. The van der Waals surface area contributed by atoms with E-state index in [1.54, 1.807) is 6.07 Å². The van der Waals surface area contributed by atoms with Gasteiger partial charge in [-0.2, -0.15) is 0 Å². The van der Waals surface area contributed by atoms with E-state index in [0.717, 1.165) is 12.1 Å². The Morgan fingerprint density at radius 3 is 2.72 bits per heavy atom. The molecule has 1 amide bonds. The van der Waals surface area contributed by atoms with Gasteiger partial charge < -0.3 is 19.2 Å². The first-order chi connectivity index (χ1) is 12.0. The summed E-state index contributed by atoms with van der Waals surface area (Å²) in [7, 11) is 1.34. The van der Waals surface area contributed by atoms with E-state index in [1.165, 1.54) is 25.5 Å². The number of halogens is 1. The van der Waals surface area contributed by atoms with Crippen LogP contribution in [0.1, 0.15) is 27.3 Å². The standard InChI is InChI=1S/C17H16FNO6/c1-23-14-5-4-11(18)9-12(14)13(20)10-25-16(21)6-7-19-17(22)15-3-2-8-24-15/h2-5,8-9H,6-7,10H2,1H3,(H,19,22). The van der Waals surface area contributed by atoms with Crippen LogP contribution in [0, 0.1) is 5.82 Å². The molecule has 2 aromatic rings. The van der Waals surface area contributed by atoms with Crippen LogP contribution in [0.3, 0.4) is 0 Å². The van der Waals surface area contributed by atoms with Crippen LogP contribution < -0.4 is 10.1 Å². The quantitative estimate of drug-likeness (QED) is 0.578. The van der Waals surface area contributed by atoms with Crippen LogP contribution >= 0.6 is 0 Å². The zero-order valence-corrected chi connectivity index (χ0v) is 13.4. The molecule has 1 heterocycles. The van der Waals surface area contributed by atoms with E-state index in [9.17, 15) is 18.8 Å². The van der Waals surface area contributed by atoms with Crippen LogP contribution in [0.2, 0.25) is 0 Å². The Morgan fingerprint density at radius 1 is 1.24 bits per heavy atom. The molecule has 0 bridgehead atoms. The normalized spacial score (nSPS) is 10.2. The smallest absolute Gasteiger partial charge is 0.308 e. The molecule has 25 heavy (non-hydrogen) atoms. The summed E-state index contributed by atoms with van der Waals surface area (Å²) in [4.78, 5) is 35.2. The molecule has 0 atom stereocenters. The first kappa shape index (κ1) is 18.2. The summed E-state index contributed by atoms with van der Waals surface area (Å²) in [5.74, 6) is -2.02. The molecule has 0 saturated heterocycles. The van der Waals surface area contributed by atoms with Gasteiger partial charge in [0.05, 0.1) is 25.4 Å². The van der Waals surface area contributed by atoms with Gasteiger partial charge in [0.1, 0.15) is 11.6 Å². The van der Waals surface area contributed by atoms with Gasteiger partial charge in [-0.25, -0.2) is 4.39 Å². The van der Waals surface area contributed by atoms with E-state index < -0.39 is 30.1 Å². The molecule has 0 saturated carbocycles. The van der Waals surface area contributed by atoms with E-state index >= 15 is 0 Å². The molecule has 1 aromatic carbocycles. The van der Waals surface area contributed by atoms with E-state index in [-0.39, 0.29) is 30.0 Å². The predicted octanol–water partition coefficient (Wildman–Crippen LogP) is 1.97. The molecule has 1 N–H and O–H groups in total. The molecule has 7 nitrogen and oxygen atoms in total. The molecule has 1 aromatic heterocycles. The monoisotopic (exact) mass is 349 g/mol. The second kappa shape index (κ2) is 8.62. The third kappa shape index (κ3) is 5.17. The lowest BCUT2D eigenvalue weighted by Crippen LogP contribution is -2.26. The summed E-state index contributed by atoms with van der Waals surface area (Å²) in [6.45, 7) is -0.527. The van der Waals surface area contributed by atoms with Crippen molar-refractivity contribution in [2.45, 2.75) is 6.42 Å². The van der Waals surface area contributed by atoms with Crippen LogP contribution in [0.15, 0.2) is 41.0 Å². The average molecular weight is 349 g/mol. The fraction of sp³-hybridized carbons (Fsp3) is 0.235. The van der Waals surface area contributed by atoms with Crippen molar-refractivity contribution >= 4 is 17.7 Å². The van der Waals surface area contributed by atoms with Gasteiger partial charge in [-0.3, -0.25) is 14.4 Å². The zero-order valence-electron chi connectivity index (χ0n) is 13.4.